The van der Waals surface area contributed by atoms with Gasteiger partial charge in [0.2, 0.25) is 5.79 Å². The summed E-state index contributed by atoms with van der Waals surface area (Å²) in [5.41, 5.74) is 1.44. The number of anilines is 1. The quantitative estimate of drug-likeness (QED) is 0.561. The second kappa shape index (κ2) is 8.24. The lowest BCUT2D eigenvalue weighted by atomic mass is 9.79. The van der Waals surface area contributed by atoms with Gasteiger partial charge in [-0.15, -0.1) is 0 Å². The zero-order valence-corrected chi connectivity index (χ0v) is 17.8. The molecule has 1 amide bonds. The fraction of sp³-hybridized carbons (Fsp3) is 0.600. The summed E-state index contributed by atoms with van der Waals surface area (Å²) in [6.07, 6.45) is -0.265. The Morgan fingerprint density at radius 1 is 1.10 bits per heavy atom. The Kier molecular flexibility index (Phi) is 6.09. The van der Waals surface area contributed by atoms with Crippen molar-refractivity contribution in [2.24, 2.45) is 0 Å². The second-order valence-corrected chi connectivity index (χ2v) is 8.53. The van der Waals surface area contributed by atoms with Crippen molar-refractivity contribution in [2.75, 3.05) is 37.7 Å². The van der Waals surface area contributed by atoms with Crippen molar-refractivity contribution in [3.05, 3.63) is 24.3 Å². The van der Waals surface area contributed by atoms with Crippen molar-refractivity contribution >= 4 is 30.3 Å². The zero-order chi connectivity index (χ0) is 21.2. The van der Waals surface area contributed by atoms with Crippen molar-refractivity contribution in [1.29, 1.82) is 0 Å². The SMILES string of the molecule is CC(=O)OC1(C)COB(c2ccc(N3CCN(C(=O)OC(C)(C)C)CC3)cc2)O1. The summed E-state index contributed by atoms with van der Waals surface area (Å²) in [6.45, 7) is 11.5. The molecule has 1 aromatic rings. The highest BCUT2D eigenvalue weighted by molar-refractivity contribution is 6.61. The number of benzene rings is 1. The molecule has 0 spiro atoms. The molecule has 0 aromatic heterocycles. The first-order valence-corrected chi connectivity index (χ1v) is 9.86. The predicted molar refractivity (Wildman–Crippen MR) is 109 cm³/mol. The molecule has 1 unspecified atom stereocenters. The van der Waals surface area contributed by atoms with Gasteiger partial charge in [0.15, 0.2) is 0 Å². The first-order valence-electron chi connectivity index (χ1n) is 9.86. The second-order valence-electron chi connectivity index (χ2n) is 8.53. The van der Waals surface area contributed by atoms with E-state index in [1.54, 1.807) is 11.8 Å². The van der Waals surface area contributed by atoms with Gasteiger partial charge < -0.3 is 28.6 Å². The molecular weight excluding hydrogens is 375 g/mol. The third kappa shape index (κ3) is 5.64. The van der Waals surface area contributed by atoms with Gasteiger partial charge in [0.1, 0.15) is 5.60 Å². The summed E-state index contributed by atoms with van der Waals surface area (Å²) >= 11 is 0. The molecule has 8 nitrogen and oxygen atoms in total. The molecule has 0 N–H and O–H groups in total. The van der Waals surface area contributed by atoms with E-state index in [-0.39, 0.29) is 12.7 Å². The van der Waals surface area contributed by atoms with Gasteiger partial charge in [0.25, 0.3) is 0 Å². The topological polar surface area (TPSA) is 77.5 Å². The Bertz CT molecular complexity index is 742. The van der Waals surface area contributed by atoms with Crippen LogP contribution in [0.3, 0.4) is 0 Å². The van der Waals surface area contributed by atoms with Crippen LogP contribution in [0.15, 0.2) is 24.3 Å². The number of hydrogen-bond donors (Lipinski definition) is 0. The maximum Gasteiger partial charge on any atom is 0.496 e. The molecule has 3 rings (SSSR count). The highest BCUT2D eigenvalue weighted by Crippen LogP contribution is 2.23. The molecule has 0 bridgehead atoms. The van der Waals surface area contributed by atoms with Gasteiger partial charge in [0.05, 0.1) is 6.61 Å². The van der Waals surface area contributed by atoms with Gasteiger partial charge in [-0.05, 0) is 38.4 Å². The van der Waals surface area contributed by atoms with Crippen molar-refractivity contribution in [3.63, 3.8) is 0 Å². The molecule has 2 aliphatic heterocycles. The van der Waals surface area contributed by atoms with Crippen LogP contribution in [-0.4, -0.2) is 68.3 Å². The normalized spacial score (nSPS) is 22.6. The lowest BCUT2D eigenvalue weighted by Crippen LogP contribution is -2.50. The first kappa shape index (κ1) is 21.5. The minimum Gasteiger partial charge on any atom is -0.444 e. The summed E-state index contributed by atoms with van der Waals surface area (Å²) in [6, 6.07) is 7.90. The van der Waals surface area contributed by atoms with Crippen LogP contribution in [-0.2, 0) is 23.6 Å². The van der Waals surface area contributed by atoms with Crippen LogP contribution >= 0.6 is 0 Å². The van der Waals surface area contributed by atoms with Crippen molar-refractivity contribution in [2.45, 2.75) is 46.0 Å². The van der Waals surface area contributed by atoms with E-state index < -0.39 is 24.5 Å². The lowest BCUT2D eigenvalue weighted by Gasteiger charge is -2.36. The lowest BCUT2D eigenvalue weighted by molar-refractivity contribution is -0.184. The number of rotatable bonds is 3. The molecule has 0 aliphatic carbocycles. The Morgan fingerprint density at radius 3 is 2.28 bits per heavy atom. The summed E-state index contributed by atoms with van der Waals surface area (Å²) < 4.78 is 22.1. The highest BCUT2D eigenvalue weighted by Gasteiger charge is 2.44. The maximum absolute atomic E-state index is 12.2. The number of esters is 1. The number of nitrogens with zero attached hydrogens (tertiary/aromatic N) is 2. The molecule has 0 saturated carbocycles. The van der Waals surface area contributed by atoms with Crippen LogP contribution in [0.5, 0.6) is 0 Å². The number of amides is 1. The number of carbonyl (C=O) groups excluding carboxylic acids is 2. The van der Waals surface area contributed by atoms with E-state index in [0.717, 1.165) is 24.2 Å². The zero-order valence-electron chi connectivity index (χ0n) is 17.8. The van der Waals surface area contributed by atoms with Crippen LogP contribution in [0, 0.1) is 0 Å². The van der Waals surface area contributed by atoms with Crippen molar-refractivity contribution in [3.8, 4) is 0 Å². The fourth-order valence-corrected chi connectivity index (χ4v) is 3.36. The van der Waals surface area contributed by atoms with Gasteiger partial charge in [-0.2, -0.15) is 0 Å². The van der Waals surface area contributed by atoms with Crippen LogP contribution < -0.4 is 10.4 Å². The van der Waals surface area contributed by atoms with Gasteiger partial charge >= 0.3 is 19.2 Å². The van der Waals surface area contributed by atoms with Crippen molar-refractivity contribution in [1.82, 2.24) is 4.90 Å². The first-order chi connectivity index (χ1) is 13.5. The Balaban J connectivity index is 1.54. The summed E-state index contributed by atoms with van der Waals surface area (Å²) in [4.78, 5) is 27.4. The molecule has 9 heteroatoms. The number of carbonyl (C=O) groups is 2. The smallest absolute Gasteiger partial charge is 0.444 e. The number of piperazine rings is 1. The molecule has 2 aliphatic rings. The van der Waals surface area contributed by atoms with Crippen LogP contribution in [0.2, 0.25) is 0 Å². The summed E-state index contributed by atoms with van der Waals surface area (Å²) in [7, 11) is -0.572. The highest BCUT2D eigenvalue weighted by atomic mass is 16.8. The number of hydrogen-bond acceptors (Lipinski definition) is 7. The molecule has 158 valence electrons. The van der Waals surface area contributed by atoms with E-state index in [1.165, 1.54) is 6.92 Å². The van der Waals surface area contributed by atoms with E-state index in [2.05, 4.69) is 4.90 Å². The van der Waals surface area contributed by atoms with Crippen LogP contribution in [0.25, 0.3) is 0 Å². The third-order valence-corrected chi connectivity index (χ3v) is 4.67. The molecule has 1 atom stereocenters. The maximum atomic E-state index is 12.2. The minimum atomic E-state index is -1.06. The van der Waals surface area contributed by atoms with E-state index in [9.17, 15) is 9.59 Å². The Hall–Kier alpha value is -2.26. The molecule has 0 radical (unpaired) electrons. The average Bonchev–Trinajstić information content (AvgIpc) is 3.01. The Morgan fingerprint density at radius 2 is 1.72 bits per heavy atom. The van der Waals surface area contributed by atoms with E-state index in [1.807, 2.05) is 45.0 Å². The van der Waals surface area contributed by atoms with E-state index in [0.29, 0.717) is 13.1 Å². The van der Waals surface area contributed by atoms with Gasteiger partial charge in [-0.1, -0.05) is 12.1 Å². The minimum absolute atomic E-state index is 0.186. The molecule has 1 aromatic carbocycles. The molecule has 2 heterocycles. The monoisotopic (exact) mass is 404 g/mol. The van der Waals surface area contributed by atoms with Gasteiger partial charge in [0, 0.05) is 45.7 Å². The van der Waals surface area contributed by atoms with E-state index >= 15 is 0 Å². The summed E-state index contributed by atoms with van der Waals surface area (Å²) in [5.74, 6) is -1.47. The molecule has 2 fully saturated rings. The molecular formula is C20H29BN2O6. The third-order valence-electron chi connectivity index (χ3n) is 4.67. The largest absolute Gasteiger partial charge is 0.496 e. The summed E-state index contributed by atoms with van der Waals surface area (Å²) in [5, 5.41) is 0. The van der Waals surface area contributed by atoms with Gasteiger partial charge in [-0.3, -0.25) is 4.79 Å². The molecule has 29 heavy (non-hydrogen) atoms. The number of ether oxygens (including phenoxy) is 2. The van der Waals surface area contributed by atoms with Crippen molar-refractivity contribution < 1.29 is 28.4 Å². The average molecular weight is 404 g/mol. The van der Waals surface area contributed by atoms with Gasteiger partial charge in [-0.25, -0.2) is 4.79 Å². The predicted octanol–water partition coefficient (Wildman–Crippen LogP) is 1.76. The van der Waals surface area contributed by atoms with Crippen LogP contribution in [0.4, 0.5) is 10.5 Å². The molecule has 2 saturated heterocycles. The van der Waals surface area contributed by atoms with E-state index in [4.69, 9.17) is 18.8 Å². The Labute approximate surface area is 172 Å². The van der Waals surface area contributed by atoms with Crippen LogP contribution in [0.1, 0.15) is 34.6 Å². The standard InChI is InChI=1S/C20H29BN2O6/c1-15(24)27-20(5)14-26-21(29-20)16-6-8-17(9-7-16)22-10-12-23(13-11-22)18(25)28-19(2,3)4/h6-9H,10-14H2,1-5H3. The fourth-order valence-electron chi connectivity index (χ4n) is 3.36.